The van der Waals surface area contributed by atoms with Gasteiger partial charge in [-0.15, -0.1) is 11.3 Å². The number of benzene rings is 2. The van der Waals surface area contributed by atoms with E-state index in [-0.39, 0.29) is 12.5 Å². The first-order valence-electron chi connectivity index (χ1n) is 7.40. The van der Waals surface area contributed by atoms with Crippen LogP contribution in [0.4, 0.5) is 0 Å². The second-order valence-corrected chi connectivity index (χ2v) is 6.55. The topological polar surface area (TPSA) is 42.4 Å². The van der Waals surface area contributed by atoms with E-state index in [1.54, 1.807) is 23.3 Å². The Morgan fingerprint density at radius 3 is 2.83 bits per heavy atom. The molecule has 0 spiro atoms. The van der Waals surface area contributed by atoms with Gasteiger partial charge < -0.3 is 9.64 Å². The first-order chi connectivity index (χ1) is 11.1. The van der Waals surface area contributed by atoms with Gasteiger partial charge in [0.1, 0.15) is 10.8 Å². The molecule has 1 aromatic heterocycles. The number of aromatic nitrogens is 1. The minimum Gasteiger partial charge on any atom is -0.484 e. The van der Waals surface area contributed by atoms with Gasteiger partial charge in [0.15, 0.2) is 6.61 Å². The molecule has 5 heteroatoms. The van der Waals surface area contributed by atoms with Crippen LogP contribution in [-0.2, 0) is 11.3 Å². The highest BCUT2D eigenvalue weighted by atomic mass is 32.1. The first kappa shape index (κ1) is 15.5. The Balaban J connectivity index is 1.58. The van der Waals surface area contributed by atoms with E-state index in [9.17, 15) is 4.79 Å². The number of carbonyl (C=O) groups excluding carboxylic acids is 1. The largest absolute Gasteiger partial charge is 0.484 e. The van der Waals surface area contributed by atoms with Gasteiger partial charge in [-0.25, -0.2) is 4.98 Å². The third-order valence-electron chi connectivity index (χ3n) is 3.49. The minimum atomic E-state index is -0.0641. The van der Waals surface area contributed by atoms with Gasteiger partial charge in [-0.3, -0.25) is 4.79 Å². The lowest BCUT2D eigenvalue weighted by atomic mass is 10.2. The molecule has 118 valence electrons. The Kier molecular flexibility index (Phi) is 4.57. The van der Waals surface area contributed by atoms with Gasteiger partial charge in [0.2, 0.25) is 0 Å². The zero-order chi connectivity index (χ0) is 16.2. The lowest BCUT2D eigenvalue weighted by Crippen LogP contribution is -2.30. The van der Waals surface area contributed by atoms with Crippen molar-refractivity contribution < 1.29 is 9.53 Å². The molecule has 3 aromatic rings. The molecule has 0 aliphatic carbocycles. The molecule has 0 unspecified atom stereocenters. The normalized spacial score (nSPS) is 10.7. The molecule has 0 aliphatic heterocycles. The molecule has 0 bridgehead atoms. The Morgan fingerprint density at radius 2 is 2.04 bits per heavy atom. The van der Waals surface area contributed by atoms with Crippen molar-refractivity contribution in [3.8, 4) is 5.75 Å². The third-order valence-corrected chi connectivity index (χ3v) is 4.51. The van der Waals surface area contributed by atoms with E-state index in [1.807, 2.05) is 55.5 Å². The number of carbonyl (C=O) groups is 1. The summed E-state index contributed by atoms with van der Waals surface area (Å²) in [5, 5.41) is 0.928. The number of fused-ring (bicyclic) bond motifs is 1. The molecule has 1 heterocycles. The van der Waals surface area contributed by atoms with Gasteiger partial charge in [0.05, 0.1) is 16.8 Å². The number of hydrogen-bond acceptors (Lipinski definition) is 4. The molecule has 0 aliphatic rings. The fourth-order valence-corrected chi connectivity index (χ4v) is 3.26. The Morgan fingerprint density at radius 1 is 1.22 bits per heavy atom. The van der Waals surface area contributed by atoms with Crippen molar-refractivity contribution in [1.29, 1.82) is 0 Å². The van der Waals surface area contributed by atoms with Crippen LogP contribution in [0.25, 0.3) is 10.2 Å². The lowest BCUT2D eigenvalue weighted by Gasteiger charge is -2.16. The van der Waals surface area contributed by atoms with Crippen LogP contribution in [0.5, 0.6) is 5.75 Å². The van der Waals surface area contributed by atoms with Gasteiger partial charge in [0, 0.05) is 7.05 Å². The van der Waals surface area contributed by atoms with Crippen molar-refractivity contribution in [1.82, 2.24) is 9.88 Å². The van der Waals surface area contributed by atoms with Crippen molar-refractivity contribution in [3.63, 3.8) is 0 Å². The van der Waals surface area contributed by atoms with Crippen LogP contribution >= 0.6 is 11.3 Å². The third kappa shape index (κ3) is 3.87. The number of hydrogen-bond donors (Lipinski definition) is 0. The van der Waals surface area contributed by atoms with Crippen molar-refractivity contribution >= 4 is 27.5 Å². The van der Waals surface area contributed by atoms with Crippen molar-refractivity contribution in [2.45, 2.75) is 13.5 Å². The maximum atomic E-state index is 12.2. The summed E-state index contributed by atoms with van der Waals surface area (Å²) in [5.74, 6) is 0.650. The van der Waals surface area contributed by atoms with Gasteiger partial charge in [-0.2, -0.15) is 0 Å². The molecule has 0 fully saturated rings. The minimum absolute atomic E-state index is 0.0326. The quantitative estimate of drug-likeness (QED) is 0.719. The van der Waals surface area contributed by atoms with Crippen molar-refractivity contribution in [2.24, 2.45) is 0 Å². The standard InChI is InChI=1S/C18H18N2O2S/c1-13-6-5-7-14(10-13)22-12-18(21)20(2)11-17-19-15-8-3-4-9-16(15)23-17/h3-10H,11-12H2,1-2H3. The van der Waals surface area contributed by atoms with Crippen LogP contribution in [0, 0.1) is 6.92 Å². The fourth-order valence-electron chi connectivity index (χ4n) is 2.24. The van der Waals surface area contributed by atoms with E-state index >= 15 is 0 Å². The number of amides is 1. The van der Waals surface area contributed by atoms with Crippen LogP contribution in [0.1, 0.15) is 10.6 Å². The Labute approximate surface area is 139 Å². The molecule has 2 aromatic carbocycles. The summed E-state index contributed by atoms with van der Waals surface area (Å²) in [5.41, 5.74) is 2.09. The summed E-state index contributed by atoms with van der Waals surface area (Å²) >= 11 is 1.61. The summed E-state index contributed by atoms with van der Waals surface area (Å²) < 4.78 is 6.70. The van der Waals surface area contributed by atoms with Crippen LogP contribution in [0.2, 0.25) is 0 Å². The molecule has 0 saturated carbocycles. The summed E-state index contributed by atoms with van der Waals surface area (Å²) in [6, 6.07) is 15.7. The number of para-hydroxylation sites is 1. The smallest absolute Gasteiger partial charge is 0.260 e. The van der Waals surface area contributed by atoms with E-state index in [0.29, 0.717) is 12.3 Å². The molecule has 0 radical (unpaired) electrons. The highest BCUT2D eigenvalue weighted by Crippen LogP contribution is 2.22. The monoisotopic (exact) mass is 326 g/mol. The van der Waals surface area contributed by atoms with Crippen molar-refractivity contribution in [3.05, 3.63) is 59.1 Å². The summed E-state index contributed by atoms with van der Waals surface area (Å²) in [7, 11) is 1.77. The Hall–Kier alpha value is -2.40. The molecule has 3 rings (SSSR count). The summed E-state index contributed by atoms with van der Waals surface area (Å²) in [6.45, 7) is 2.52. The summed E-state index contributed by atoms with van der Waals surface area (Å²) in [4.78, 5) is 18.4. The predicted octanol–water partition coefficient (Wildman–Crippen LogP) is 3.64. The maximum Gasteiger partial charge on any atom is 0.260 e. The molecular formula is C18H18N2O2S. The molecule has 1 amide bonds. The highest BCUT2D eigenvalue weighted by Gasteiger charge is 2.13. The van der Waals surface area contributed by atoms with E-state index in [2.05, 4.69) is 4.98 Å². The number of aryl methyl sites for hydroxylation is 1. The van der Waals surface area contributed by atoms with Gasteiger partial charge in [0.25, 0.3) is 5.91 Å². The maximum absolute atomic E-state index is 12.2. The number of rotatable bonds is 5. The molecule has 23 heavy (non-hydrogen) atoms. The highest BCUT2D eigenvalue weighted by molar-refractivity contribution is 7.18. The second-order valence-electron chi connectivity index (χ2n) is 5.43. The second kappa shape index (κ2) is 6.79. The van der Waals surface area contributed by atoms with Gasteiger partial charge in [-0.05, 0) is 36.8 Å². The molecular weight excluding hydrogens is 308 g/mol. The zero-order valence-electron chi connectivity index (χ0n) is 13.2. The molecule has 0 atom stereocenters. The Bertz CT molecular complexity index is 796. The van der Waals surface area contributed by atoms with Gasteiger partial charge >= 0.3 is 0 Å². The average molecular weight is 326 g/mol. The molecule has 4 nitrogen and oxygen atoms in total. The van der Waals surface area contributed by atoms with Gasteiger partial charge in [-0.1, -0.05) is 24.3 Å². The molecule has 0 N–H and O–H groups in total. The zero-order valence-corrected chi connectivity index (χ0v) is 14.0. The predicted molar refractivity (Wildman–Crippen MR) is 92.8 cm³/mol. The number of thiazole rings is 1. The van der Waals surface area contributed by atoms with E-state index in [0.717, 1.165) is 20.8 Å². The van der Waals surface area contributed by atoms with Crippen LogP contribution in [-0.4, -0.2) is 29.4 Å². The van der Waals surface area contributed by atoms with Crippen molar-refractivity contribution in [2.75, 3.05) is 13.7 Å². The number of ether oxygens (including phenoxy) is 1. The summed E-state index contributed by atoms with van der Waals surface area (Å²) in [6.07, 6.45) is 0. The van der Waals surface area contributed by atoms with E-state index in [1.165, 1.54) is 0 Å². The van der Waals surface area contributed by atoms with Crippen LogP contribution < -0.4 is 4.74 Å². The number of likely N-dealkylation sites (N-methyl/N-ethyl adjacent to an activating group) is 1. The van der Waals surface area contributed by atoms with Crippen LogP contribution in [0.15, 0.2) is 48.5 Å². The van der Waals surface area contributed by atoms with E-state index < -0.39 is 0 Å². The van der Waals surface area contributed by atoms with Crippen LogP contribution in [0.3, 0.4) is 0 Å². The average Bonchev–Trinajstić information content (AvgIpc) is 2.94. The first-order valence-corrected chi connectivity index (χ1v) is 8.21. The fraction of sp³-hybridized carbons (Fsp3) is 0.222. The lowest BCUT2D eigenvalue weighted by molar-refractivity contribution is -0.132. The SMILES string of the molecule is Cc1cccc(OCC(=O)N(C)Cc2nc3ccccc3s2)c1. The molecule has 0 saturated heterocycles. The number of nitrogens with zero attached hydrogens (tertiary/aromatic N) is 2. The van der Waals surface area contributed by atoms with E-state index in [4.69, 9.17) is 4.74 Å².